The van der Waals surface area contributed by atoms with Gasteiger partial charge in [-0.3, -0.25) is 14.5 Å². The zero-order valence-electron chi connectivity index (χ0n) is 17.8. The van der Waals surface area contributed by atoms with Gasteiger partial charge in [-0.25, -0.2) is 4.39 Å². The zero-order valence-corrected chi connectivity index (χ0v) is 17.8. The molecule has 6 nitrogen and oxygen atoms in total. The average Bonchev–Trinajstić information content (AvgIpc) is 3.51. The number of hydrogen-bond donors (Lipinski definition) is 1. The molecule has 0 bridgehead atoms. The Balaban J connectivity index is 1.82. The maximum atomic E-state index is 14.2. The Labute approximate surface area is 186 Å². The minimum absolute atomic E-state index is 0.0451. The molecule has 1 saturated carbocycles. The van der Waals surface area contributed by atoms with E-state index in [1.807, 2.05) is 0 Å². The average molecular weight is 436 g/mol. The van der Waals surface area contributed by atoms with E-state index in [0.717, 1.165) is 25.7 Å². The van der Waals surface area contributed by atoms with Crippen molar-refractivity contribution in [1.82, 2.24) is 5.32 Å². The summed E-state index contributed by atoms with van der Waals surface area (Å²) in [7, 11) is 1.53. The highest BCUT2D eigenvalue weighted by atomic mass is 19.1. The molecule has 32 heavy (non-hydrogen) atoms. The Kier molecular flexibility index (Phi) is 6.54. The molecular formula is C25H25FN2O4. The summed E-state index contributed by atoms with van der Waals surface area (Å²) in [5.74, 6) is -0.800. The fraction of sp³-hybridized carbons (Fsp3) is 0.280. The molecule has 1 N–H and O–H groups in total. The van der Waals surface area contributed by atoms with Crippen LogP contribution in [0.2, 0.25) is 0 Å². The quantitative estimate of drug-likeness (QED) is 0.573. The minimum Gasteiger partial charge on any atom is -0.497 e. The molecule has 2 aromatic carbocycles. The first-order chi connectivity index (χ1) is 15.6. The number of methoxy groups -OCH3 is 1. The smallest absolute Gasteiger partial charge is 0.294 e. The topological polar surface area (TPSA) is 71.8 Å². The number of benzene rings is 2. The standard InChI is InChI=1S/C25H25FN2O4/c1-31-21-12-4-7-17(15-21)23(24(29)27-19-9-2-3-10-19)28(20-11-5-8-18(26)16-20)25(30)22-13-6-14-32-22/h4-8,11-16,19,23H,2-3,9-10H2,1H3,(H,27,29)/t23-/m0/s1. The molecule has 0 aliphatic heterocycles. The highest BCUT2D eigenvalue weighted by molar-refractivity contribution is 6.08. The van der Waals surface area contributed by atoms with Crippen LogP contribution in [0.5, 0.6) is 5.75 Å². The second-order valence-electron chi connectivity index (χ2n) is 7.80. The van der Waals surface area contributed by atoms with Crippen LogP contribution < -0.4 is 15.0 Å². The summed E-state index contributed by atoms with van der Waals surface area (Å²) in [5, 5.41) is 3.08. The van der Waals surface area contributed by atoms with Crippen molar-refractivity contribution >= 4 is 17.5 Å². The lowest BCUT2D eigenvalue weighted by atomic mass is 10.0. The van der Waals surface area contributed by atoms with Crippen molar-refractivity contribution in [3.05, 3.63) is 84.1 Å². The SMILES string of the molecule is COc1cccc([C@@H](C(=O)NC2CCCC2)N(C(=O)c2ccco2)c2cccc(F)c2)c1. The van der Waals surface area contributed by atoms with Crippen LogP contribution in [-0.2, 0) is 4.79 Å². The monoisotopic (exact) mass is 436 g/mol. The van der Waals surface area contributed by atoms with E-state index >= 15 is 0 Å². The molecule has 4 rings (SSSR count). The maximum Gasteiger partial charge on any atom is 0.294 e. The first kappa shape index (κ1) is 21.6. The first-order valence-corrected chi connectivity index (χ1v) is 10.6. The molecule has 1 fully saturated rings. The molecule has 0 unspecified atom stereocenters. The number of halogens is 1. The van der Waals surface area contributed by atoms with E-state index in [-0.39, 0.29) is 23.4 Å². The summed E-state index contributed by atoms with van der Waals surface area (Å²) in [4.78, 5) is 28.4. The Bertz CT molecular complexity index is 1080. The molecule has 0 spiro atoms. The second kappa shape index (κ2) is 9.68. The van der Waals surface area contributed by atoms with E-state index in [4.69, 9.17) is 9.15 Å². The number of carbonyl (C=O) groups excluding carboxylic acids is 2. The van der Waals surface area contributed by atoms with Crippen molar-refractivity contribution in [2.45, 2.75) is 37.8 Å². The number of ether oxygens (including phenoxy) is 1. The van der Waals surface area contributed by atoms with Crippen LogP contribution in [0.3, 0.4) is 0 Å². The van der Waals surface area contributed by atoms with Gasteiger partial charge in [-0.15, -0.1) is 0 Å². The molecule has 2 amide bonds. The van der Waals surface area contributed by atoms with Gasteiger partial charge in [-0.2, -0.15) is 0 Å². The summed E-state index contributed by atoms with van der Waals surface area (Å²) in [5.41, 5.74) is 0.796. The number of hydrogen-bond acceptors (Lipinski definition) is 4. The van der Waals surface area contributed by atoms with Gasteiger partial charge in [0.05, 0.1) is 13.4 Å². The van der Waals surface area contributed by atoms with E-state index in [1.54, 1.807) is 36.4 Å². The number of nitrogens with zero attached hydrogens (tertiary/aromatic N) is 1. The van der Waals surface area contributed by atoms with Crippen molar-refractivity contribution < 1.29 is 23.1 Å². The van der Waals surface area contributed by atoms with Crippen LogP contribution >= 0.6 is 0 Å². The number of carbonyl (C=O) groups is 2. The zero-order chi connectivity index (χ0) is 22.5. The first-order valence-electron chi connectivity index (χ1n) is 10.6. The lowest BCUT2D eigenvalue weighted by molar-refractivity contribution is -0.123. The lowest BCUT2D eigenvalue weighted by Crippen LogP contribution is -2.46. The van der Waals surface area contributed by atoms with Crippen molar-refractivity contribution in [1.29, 1.82) is 0 Å². The van der Waals surface area contributed by atoms with Gasteiger partial charge in [0.2, 0.25) is 5.91 Å². The predicted octanol–water partition coefficient (Wildman–Crippen LogP) is 4.87. The van der Waals surface area contributed by atoms with E-state index in [1.165, 1.54) is 42.5 Å². The van der Waals surface area contributed by atoms with Crippen molar-refractivity contribution in [3.8, 4) is 5.75 Å². The molecule has 7 heteroatoms. The van der Waals surface area contributed by atoms with Gasteiger partial charge >= 0.3 is 0 Å². The normalized spacial score (nSPS) is 14.7. The number of nitrogens with one attached hydrogen (secondary N) is 1. The summed E-state index contributed by atoms with van der Waals surface area (Å²) >= 11 is 0. The van der Waals surface area contributed by atoms with E-state index in [2.05, 4.69) is 5.32 Å². The van der Waals surface area contributed by atoms with E-state index in [9.17, 15) is 14.0 Å². The van der Waals surface area contributed by atoms with Crippen LogP contribution in [0, 0.1) is 5.82 Å². The highest BCUT2D eigenvalue weighted by Crippen LogP contribution is 2.32. The van der Waals surface area contributed by atoms with Crippen LogP contribution in [-0.4, -0.2) is 25.0 Å². The highest BCUT2D eigenvalue weighted by Gasteiger charge is 2.36. The molecule has 0 radical (unpaired) electrons. The molecule has 166 valence electrons. The van der Waals surface area contributed by atoms with Crippen molar-refractivity contribution in [3.63, 3.8) is 0 Å². The summed E-state index contributed by atoms with van der Waals surface area (Å²) in [6.07, 6.45) is 5.27. The number of amides is 2. The Hall–Kier alpha value is -3.61. The molecule has 0 saturated heterocycles. The molecule has 1 aliphatic rings. The van der Waals surface area contributed by atoms with E-state index < -0.39 is 17.8 Å². The fourth-order valence-corrected chi connectivity index (χ4v) is 4.11. The van der Waals surface area contributed by atoms with Gasteiger partial charge in [0.1, 0.15) is 17.6 Å². The second-order valence-corrected chi connectivity index (χ2v) is 7.80. The van der Waals surface area contributed by atoms with Crippen LogP contribution in [0.25, 0.3) is 0 Å². The Morgan fingerprint density at radius 3 is 2.56 bits per heavy atom. The van der Waals surface area contributed by atoms with Gasteiger partial charge in [-0.05, 0) is 60.9 Å². The summed E-state index contributed by atoms with van der Waals surface area (Å²) < 4.78 is 24.8. The number of rotatable bonds is 7. The largest absolute Gasteiger partial charge is 0.497 e. The third-order valence-electron chi connectivity index (χ3n) is 5.65. The minimum atomic E-state index is -1.05. The van der Waals surface area contributed by atoms with Gasteiger partial charge in [0.15, 0.2) is 5.76 Å². The summed E-state index contributed by atoms with van der Waals surface area (Å²) in [6, 6.07) is 14.7. The van der Waals surface area contributed by atoms with Crippen LogP contribution in [0.1, 0.15) is 47.8 Å². The van der Waals surface area contributed by atoms with Gasteiger partial charge < -0.3 is 14.5 Å². The molecule has 3 aromatic rings. The molecular weight excluding hydrogens is 411 g/mol. The molecule has 1 aromatic heterocycles. The Morgan fingerprint density at radius 1 is 1.09 bits per heavy atom. The van der Waals surface area contributed by atoms with E-state index in [0.29, 0.717) is 11.3 Å². The lowest BCUT2D eigenvalue weighted by Gasteiger charge is -2.32. The van der Waals surface area contributed by atoms with Gasteiger partial charge in [0.25, 0.3) is 5.91 Å². The van der Waals surface area contributed by atoms with Crippen molar-refractivity contribution in [2.75, 3.05) is 12.0 Å². The Morgan fingerprint density at radius 2 is 1.88 bits per heavy atom. The third kappa shape index (κ3) is 4.66. The fourth-order valence-electron chi connectivity index (χ4n) is 4.11. The predicted molar refractivity (Wildman–Crippen MR) is 118 cm³/mol. The molecule has 1 atom stereocenters. The van der Waals surface area contributed by atoms with Crippen LogP contribution in [0.4, 0.5) is 10.1 Å². The molecule has 1 heterocycles. The number of anilines is 1. The maximum absolute atomic E-state index is 14.2. The number of furan rings is 1. The molecule has 1 aliphatic carbocycles. The van der Waals surface area contributed by atoms with Gasteiger partial charge in [-0.1, -0.05) is 31.0 Å². The summed E-state index contributed by atoms with van der Waals surface area (Å²) in [6.45, 7) is 0. The van der Waals surface area contributed by atoms with Crippen LogP contribution in [0.15, 0.2) is 71.3 Å². The van der Waals surface area contributed by atoms with Crippen molar-refractivity contribution in [2.24, 2.45) is 0 Å². The van der Waals surface area contributed by atoms with Gasteiger partial charge in [0, 0.05) is 11.7 Å². The third-order valence-corrected chi connectivity index (χ3v) is 5.65.